The molecule has 0 atom stereocenters. The maximum atomic E-state index is 7.83. The van der Waals surface area contributed by atoms with E-state index in [2.05, 4.69) is 155 Å². The predicted octanol–water partition coefficient (Wildman–Crippen LogP) is 13.7. The number of hydrogen-bond acceptors (Lipinski definition) is 2. The molecule has 11 aromatic rings. The quantitative estimate of drug-likeness (QED) is 0.104. The Morgan fingerprint density at radius 3 is 1.89 bits per heavy atom. The third kappa shape index (κ3) is 4.77. The minimum absolute atomic E-state index is 0.631. The first-order valence-electron chi connectivity index (χ1n) is 18.4. The molecule has 0 saturated carbocycles. The van der Waals surface area contributed by atoms with E-state index in [4.69, 9.17) is 16.5 Å². The molecule has 0 aliphatic heterocycles. The van der Waals surface area contributed by atoms with Crippen molar-refractivity contribution in [2.24, 2.45) is 0 Å². The summed E-state index contributed by atoms with van der Waals surface area (Å²) >= 11 is 0. The van der Waals surface area contributed by atoms with Gasteiger partial charge < -0.3 is 4.57 Å². The van der Waals surface area contributed by atoms with Crippen molar-refractivity contribution in [2.45, 2.75) is 0 Å². The van der Waals surface area contributed by atoms with E-state index in [0.29, 0.717) is 5.69 Å². The number of hydrogen-bond donors (Lipinski definition) is 0. The topological polar surface area (TPSA) is 35.1 Å². The van der Waals surface area contributed by atoms with E-state index in [1.54, 1.807) is 0 Å². The maximum absolute atomic E-state index is 7.83. The van der Waals surface area contributed by atoms with Gasteiger partial charge in [0, 0.05) is 34.2 Å². The average Bonchev–Trinajstić information content (AvgIpc) is 3.58. The molecule has 0 fully saturated rings. The molecule has 0 N–H and O–H groups in total. The lowest BCUT2D eigenvalue weighted by Crippen LogP contribution is -1.94. The second-order valence-corrected chi connectivity index (χ2v) is 14.0. The Hall–Kier alpha value is -7.61. The zero-order chi connectivity index (χ0) is 36.5. The van der Waals surface area contributed by atoms with Crippen LogP contribution in [0.2, 0.25) is 0 Å². The number of benzene rings is 8. The lowest BCUT2D eigenvalue weighted by Gasteiger charge is -2.20. The van der Waals surface area contributed by atoms with E-state index in [0.717, 1.165) is 66.0 Å². The summed E-state index contributed by atoms with van der Waals surface area (Å²) in [5.74, 6) is 0. The van der Waals surface area contributed by atoms with E-state index in [9.17, 15) is 0 Å². The number of fused-ring (bicyclic) bond motifs is 8. The fourth-order valence-electron chi connectivity index (χ4n) is 8.65. The van der Waals surface area contributed by atoms with Crippen molar-refractivity contribution in [1.82, 2.24) is 14.5 Å². The molecule has 11 rings (SSSR count). The van der Waals surface area contributed by atoms with Crippen LogP contribution in [0.3, 0.4) is 0 Å². The van der Waals surface area contributed by atoms with Crippen LogP contribution in [0.25, 0.3) is 109 Å². The first-order chi connectivity index (χ1) is 27.2. The molecule has 0 spiro atoms. The highest BCUT2D eigenvalue weighted by Crippen LogP contribution is 2.47. The fraction of sp³-hybridized carbons (Fsp3) is 0. The number of para-hydroxylation sites is 1. The molecule has 3 aromatic heterocycles. The highest BCUT2D eigenvalue weighted by Gasteiger charge is 2.21. The van der Waals surface area contributed by atoms with Crippen molar-refractivity contribution in [3.63, 3.8) is 0 Å². The molecule has 0 amide bonds. The molecule has 8 aromatic carbocycles. The second kappa shape index (κ2) is 12.2. The lowest BCUT2D eigenvalue weighted by atomic mass is 9.84. The van der Waals surface area contributed by atoms with Crippen LogP contribution >= 0.6 is 0 Å². The Morgan fingerprint density at radius 1 is 0.418 bits per heavy atom. The van der Waals surface area contributed by atoms with Crippen LogP contribution in [0.4, 0.5) is 5.69 Å². The molecule has 0 aliphatic carbocycles. The minimum atomic E-state index is 0.631. The third-order valence-corrected chi connectivity index (χ3v) is 11.1. The van der Waals surface area contributed by atoms with E-state index < -0.39 is 0 Å². The Labute approximate surface area is 317 Å². The van der Waals surface area contributed by atoms with Crippen LogP contribution in [0.1, 0.15) is 0 Å². The molecule has 0 radical (unpaired) electrons. The highest BCUT2D eigenvalue weighted by atomic mass is 15.0. The van der Waals surface area contributed by atoms with Crippen molar-refractivity contribution in [1.29, 1.82) is 0 Å². The molecule has 254 valence electrons. The van der Waals surface area contributed by atoms with Gasteiger partial charge in [0.2, 0.25) is 0 Å². The highest BCUT2D eigenvalue weighted by molar-refractivity contribution is 6.25. The van der Waals surface area contributed by atoms with Crippen molar-refractivity contribution < 1.29 is 0 Å². The van der Waals surface area contributed by atoms with E-state index in [1.807, 2.05) is 36.7 Å². The van der Waals surface area contributed by atoms with Gasteiger partial charge in [-0.1, -0.05) is 115 Å². The summed E-state index contributed by atoms with van der Waals surface area (Å²) in [6, 6.07) is 60.3. The lowest BCUT2D eigenvalue weighted by molar-refractivity contribution is 1.18. The largest absolute Gasteiger partial charge is 0.309 e. The molecule has 4 heteroatoms. The molecular formula is C51H30N4. The fourth-order valence-corrected chi connectivity index (χ4v) is 8.65. The maximum Gasteiger partial charge on any atom is 0.188 e. The van der Waals surface area contributed by atoms with Crippen LogP contribution in [0, 0.1) is 6.57 Å². The summed E-state index contributed by atoms with van der Waals surface area (Å²) in [5.41, 5.74) is 12.7. The average molecular weight is 699 g/mol. The van der Waals surface area contributed by atoms with Crippen molar-refractivity contribution in [2.75, 3.05) is 0 Å². The van der Waals surface area contributed by atoms with Crippen molar-refractivity contribution in [3.05, 3.63) is 194 Å². The Kier molecular flexibility index (Phi) is 6.89. The van der Waals surface area contributed by atoms with Gasteiger partial charge in [0.15, 0.2) is 5.69 Å². The zero-order valence-electron chi connectivity index (χ0n) is 29.6. The summed E-state index contributed by atoms with van der Waals surface area (Å²) in [7, 11) is 0. The molecule has 0 aliphatic rings. The molecule has 4 nitrogen and oxygen atoms in total. The molecule has 55 heavy (non-hydrogen) atoms. The van der Waals surface area contributed by atoms with Gasteiger partial charge in [0.05, 0.1) is 28.6 Å². The smallest absolute Gasteiger partial charge is 0.188 e. The van der Waals surface area contributed by atoms with Gasteiger partial charge in [-0.25, -0.2) is 4.85 Å². The van der Waals surface area contributed by atoms with Gasteiger partial charge >= 0.3 is 0 Å². The Morgan fingerprint density at radius 2 is 1.07 bits per heavy atom. The molecule has 3 heterocycles. The minimum Gasteiger partial charge on any atom is -0.309 e. The normalized spacial score (nSPS) is 11.6. The van der Waals surface area contributed by atoms with Gasteiger partial charge in [-0.05, 0) is 115 Å². The third-order valence-electron chi connectivity index (χ3n) is 11.1. The Balaban J connectivity index is 1.26. The molecule has 0 bridgehead atoms. The first kappa shape index (κ1) is 31.0. The van der Waals surface area contributed by atoms with E-state index >= 15 is 0 Å². The zero-order valence-corrected chi connectivity index (χ0v) is 29.6. The van der Waals surface area contributed by atoms with Crippen LogP contribution in [0.5, 0.6) is 0 Å². The summed E-state index contributed by atoms with van der Waals surface area (Å²) in [6.45, 7) is 7.83. The summed E-state index contributed by atoms with van der Waals surface area (Å²) in [5, 5.41) is 9.02. The van der Waals surface area contributed by atoms with Crippen LogP contribution in [0.15, 0.2) is 182 Å². The SMILES string of the molecule is [C-]#[N+]c1ccc2c(c1)c1cc(-c3c4ccccc4c(-c4ccnc5c4ccc4cccnc45)c4cc(-c5ccccc5)ccc34)ccc1n2-c1ccccc1. The number of nitrogens with zero attached hydrogens (tertiary/aromatic N) is 4. The van der Waals surface area contributed by atoms with Gasteiger partial charge in [-0.3, -0.25) is 9.97 Å². The van der Waals surface area contributed by atoms with Gasteiger partial charge in [0.1, 0.15) is 0 Å². The second-order valence-electron chi connectivity index (χ2n) is 14.0. The molecule has 0 unspecified atom stereocenters. The van der Waals surface area contributed by atoms with Gasteiger partial charge in [0.25, 0.3) is 0 Å². The number of rotatable bonds is 4. The number of pyridine rings is 2. The molecule has 0 saturated heterocycles. The summed E-state index contributed by atoms with van der Waals surface area (Å²) in [6.07, 6.45) is 3.77. The summed E-state index contributed by atoms with van der Waals surface area (Å²) < 4.78 is 2.31. The van der Waals surface area contributed by atoms with E-state index in [1.165, 1.54) is 38.2 Å². The van der Waals surface area contributed by atoms with Crippen LogP contribution < -0.4 is 0 Å². The standard InChI is InChI=1S/C51H30N4/c1-52-36-21-25-47-44(31-36)43-30-35(20-24-46(43)55(47)37-14-6-3-7-15-37)48-38-16-8-9-17-39(38)49(45-29-34(19-22-40(45)48)32-11-4-2-5-12-32)41-26-28-54-51-42(41)23-18-33-13-10-27-53-50(33)51/h2-31H. The Bertz CT molecular complexity index is 3370. The van der Waals surface area contributed by atoms with Crippen molar-refractivity contribution >= 4 is 70.8 Å². The van der Waals surface area contributed by atoms with Crippen molar-refractivity contribution in [3.8, 4) is 39.1 Å². The summed E-state index contributed by atoms with van der Waals surface area (Å²) in [4.78, 5) is 13.5. The molecular weight excluding hydrogens is 669 g/mol. The van der Waals surface area contributed by atoms with Gasteiger partial charge in [-0.2, -0.15) is 0 Å². The number of aromatic nitrogens is 3. The van der Waals surface area contributed by atoms with Gasteiger partial charge in [-0.15, -0.1) is 0 Å². The van der Waals surface area contributed by atoms with Crippen LogP contribution in [-0.4, -0.2) is 14.5 Å². The first-order valence-corrected chi connectivity index (χ1v) is 18.4. The van der Waals surface area contributed by atoms with E-state index in [-0.39, 0.29) is 0 Å². The van der Waals surface area contributed by atoms with Crippen LogP contribution in [-0.2, 0) is 0 Å². The monoisotopic (exact) mass is 698 g/mol. The predicted molar refractivity (Wildman–Crippen MR) is 229 cm³/mol.